The van der Waals surface area contributed by atoms with E-state index < -0.39 is 41.6 Å². The van der Waals surface area contributed by atoms with Gasteiger partial charge in [0, 0.05) is 5.57 Å². The van der Waals surface area contributed by atoms with Crippen LogP contribution in [0.25, 0.3) is 0 Å². The van der Waals surface area contributed by atoms with E-state index in [1.165, 1.54) is 0 Å². The number of alkyl halides is 11. The summed E-state index contributed by atoms with van der Waals surface area (Å²) >= 11 is 0. The Balaban J connectivity index is 5.90. The highest BCUT2D eigenvalue weighted by atomic mass is 19.4. The first-order valence-corrected chi connectivity index (χ1v) is 5.31. The highest BCUT2D eigenvalue weighted by molar-refractivity contribution is 5.87. The van der Waals surface area contributed by atoms with Gasteiger partial charge in [0.1, 0.15) is 0 Å². The van der Waals surface area contributed by atoms with Crippen LogP contribution >= 0.6 is 0 Å². The first kappa shape index (κ1) is 21.4. The van der Waals surface area contributed by atoms with Crippen molar-refractivity contribution < 1.29 is 57.8 Å². The molecule has 0 unspecified atom stereocenters. The molecule has 0 N–H and O–H groups in total. The van der Waals surface area contributed by atoms with E-state index in [9.17, 15) is 53.1 Å². The molecule has 0 amide bonds. The zero-order valence-electron chi connectivity index (χ0n) is 11.1. The minimum Gasteiger partial charge on any atom is -0.393 e. The first-order chi connectivity index (χ1) is 9.87. The maximum atomic E-state index is 13.0. The number of hydrogen-bond donors (Lipinski definition) is 0. The van der Waals surface area contributed by atoms with E-state index in [2.05, 4.69) is 4.74 Å². The van der Waals surface area contributed by atoms with Crippen LogP contribution < -0.4 is 0 Å². The molecule has 0 atom stereocenters. The van der Waals surface area contributed by atoms with Crippen LogP contribution in [0.3, 0.4) is 0 Å². The number of carbonyl (C=O) groups excluding carboxylic acids is 1. The molecule has 0 rings (SSSR count). The molecule has 0 saturated carbocycles. The van der Waals surface area contributed by atoms with Crippen LogP contribution in [0.1, 0.15) is 13.8 Å². The maximum absolute atomic E-state index is 13.0. The average molecular weight is 368 g/mol. The standard InChI is InChI=1S/C10H7F11O2/c1-3-4(2)5(22)23-10(20,21)8(15,16)6(11,12)7(13,14)9(17,18)19/h3H,1-2H3. The van der Waals surface area contributed by atoms with Crippen molar-refractivity contribution in [1.29, 1.82) is 0 Å². The molecule has 0 radical (unpaired) electrons. The van der Waals surface area contributed by atoms with E-state index in [1.807, 2.05) is 0 Å². The smallest absolute Gasteiger partial charge is 0.393 e. The highest BCUT2D eigenvalue weighted by Gasteiger charge is 2.88. The Labute approximate surface area is 120 Å². The van der Waals surface area contributed by atoms with Crippen LogP contribution in [-0.2, 0) is 9.53 Å². The van der Waals surface area contributed by atoms with Crippen molar-refractivity contribution in [1.82, 2.24) is 0 Å². The molecule has 0 aromatic heterocycles. The van der Waals surface area contributed by atoms with Crippen LogP contribution in [0.4, 0.5) is 48.3 Å². The van der Waals surface area contributed by atoms with Crippen molar-refractivity contribution in [2.75, 3.05) is 0 Å². The van der Waals surface area contributed by atoms with E-state index >= 15 is 0 Å². The molecule has 0 bridgehead atoms. The average Bonchev–Trinajstić information content (AvgIpc) is 2.34. The minimum atomic E-state index is -7.61. The Morgan fingerprint density at radius 1 is 0.783 bits per heavy atom. The van der Waals surface area contributed by atoms with Crippen LogP contribution in [0, 0.1) is 0 Å². The minimum absolute atomic E-state index is 0.707. The molecule has 23 heavy (non-hydrogen) atoms. The van der Waals surface area contributed by atoms with Crippen molar-refractivity contribution in [3.63, 3.8) is 0 Å². The Hall–Kier alpha value is -1.56. The van der Waals surface area contributed by atoms with Gasteiger partial charge >= 0.3 is 36.0 Å². The molecule has 0 heterocycles. The van der Waals surface area contributed by atoms with Gasteiger partial charge in [-0.2, -0.15) is 48.3 Å². The summed E-state index contributed by atoms with van der Waals surface area (Å²) in [7, 11) is 0. The molecule has 136 valence electrons. The monoisotopic (exact) mass is 368 g/mol. The van der Waals surface area contributed by atoms with Gasteiger partial charge in [0.2, 0.25) is 0 Å². The van der Waals surface area contributed by atoms with Crippen LogP contribution in [-0.4, -0.2) is 36.0 Å². The van der Waals surface area contributed by atoms with Gasteiger partial charge in [-0.05, 0) is 13.8 Å². The third kappa shape index (κ3) is 3.37. The largest absolute Gasteiger partial charge is 0.473 e. The summed E-state index contributed by atoms with van der Waals surface area (Å²) in [6.07, 6.45) is -13.2. The maximum Gasteiger partial charge on any atom is 0.473 e. The number of allylic oxidation sites excluding steroid dienone is 1. The van der Waals surface area contributed by atoms with Crippen molar-refractivity contribution in [2.24, 2.45) is 0 Å². The molecular formula is C10H7F11O2. The molecule has 0 fully saturated rings. The Morgan fingerprint density at radius 3 is 1.48 bits per heavy atom. The van der Waals surface area contributed by atoms with Crippen LogP contribution in [0.2, 0.25) is 0 Å². The van der Waals surface area contributed by atoms with Crippen molar-refractivity contribution >= 4 is 5.97 Å². The van der Waals surface area contributed by atoms with Gasteiger partial charge in [-0.15, -0.1) is 0 Å². The van der Waals surface area contributed by atoms with Gasteiger partial charge in [0.05, 0.1) is 0 Å². The molecule has 0 aromatic carbocycles. The second-order valence-electron chi connectivity index (χ2n) is 4.10. The molecule has 0 spiro atoms. The van der Waals surface area contributed by atoms with Gasteiger partial charge in [-0.25, -0.2) is 4.79 Å². The topological polar surface area (TPSA) is 26.3 Å². The predicted molar refractivity (Wildman–Crippen MR) is 51.4 cm³/mol. The molecule has 0 saturated heterocycles. The summed E-state index contributed by atoms with van der Waals surface area (Å²) in [5.41, 5.74) is -0.814. The third-order valence-corrected chi connectivity index (χ3v) is 2.49. The molecule has 0 aliphatic heterocycles. The Kier molecular flexibility index (Phi) is 5.42. The summed E-state index contributed by atoms with van der Waals surface area (Å²) < 4.78 is 140. The van der Waals surface area contributed by atoms with E-state index in [0.717, 1.165) is 6.92 Å². The number of ether oxygens (including phenoxy) is 1. The van der Waals surface area contributed by atoms with Gasteiger partial charge in [0.15, 0.2) is 0 Å². The molecule has 0 aliphatic rings. The van der Waals surface area contributed by atoms with Crippen LogP contribution in [0.15, 0.2) is 11.6 Å². The fourth-order valence-corrected chi connectivity index (χ4v) is 0.937. The van der Waals surface area contributed by atoms with Crippen molar-refractivity contribution in [3.05, 3.63) is 11.6 Å². The lowest BCUT2D eigenvalue weighted by Gasteiger charge is -2.36. The quantitative estimate of drug-likeness (QED) is 0.404. The van der Waals surface area contributed by atoms with Gasteiger partial charge in [0.25, 0.3) is 0 Å². The fraction of sp³-hybridized carbons (Fsp3) is 0.700. The third-order valence-electron chi connectivity index (χ3n) is 2.49. The molecule has 2 nitrogen and oxygen atoms in total. The Morgan fingerprint density at radius 2 is 1.17 bits per heavy atom. The summed E-state index contributed by atoms with van der Waals surface area (Å²) in [4.78, 5) is 10.9. The van der Waals surface area contributed by atoms with Crippen LogP contribution in [0.5, 0.6) is 0 Å². The Bertz CT molecular complexity index is 490. The highest BCUT2D eigenvalue weighted by Crippen LogP contribution is 2.57. The molecule has 13 heteroatoms. The molecular weight excluding hydrogens is 361 g/mol. The van der Waals surface area contributed by atoms with Gasteiger partial charge in [-0.3, -0.25) is 0 Å². The van der Waals surface area contributed by atoms with E-state index in [-0.39, 0.29) is 0 Å². The van der Waals surface area contributed by atoms with Crippen molar-refractivity contribution in [2.45, 2.75) is 43.9 Å². The lowest BCUT2D eigenvalue weighted by molar-refractivity contribution is -0.449. The van der Waals surface area contributed by atoms with E-state index in [1.54, 1.807) is 0 Å². The fourth-order valence-electron chi connectivity index (χ4n) is 0.937. The zero-order chi connectivity index (χ0) is 19.1. The number of halogens is 11. The lowest BCUT2D eigenvalue weighted by Crippen LogP contribution is -2.67. The number of carbonyl (C=O) groups is 1. The van der Waals surface area contributed by atoms with Gasteiger partial charge < -0.3 is 4.74 Å². The zero-order valence-corrected chi connectivity index (χ0v) is 11.1. The first-order valence-electron chi connectivity index (χ1n) is 5.31. The predicted octanol–water partition coefficient (Wildman–Crippen LogP) is 4.56. The lowest BCUT2D eigenvalue weighted by atomic mass is 10.0. The number of rotatable bonds is 5. The second kappa shape index (κ2) is 5.82. The van der Waals surface area contributed by atoms with Gasteiger partial charge in [-0.1, -0.05) is 6.08 Å². The number of esters is 1. The SMILES string of the molecule is CC=C(C)C(=O)OC(F)(F)C(F)(F)C(F)(F)C(F)(F)C(F)(F)F. The molecule has 0 aromatic rings. The normalized spacial score (nSPS) is 15.6. The summed E-state index contributed by atoms with van der Waals surface area (Å²) in [6, 6.07) is 0. The number of hydrogen-bond acceptors (Lipinski definition) is 2. The molecule has 0 aliphatic carbocycles. The van der Waals surface area contributed by atoms with Crippen molar-refractivity contribution in [3.8, 4) is 0 Å². The van der Waals surface area contributed by atoms with E-state index in [4.69, 9.17) is 0 Å². The summed E-state index contributed by atoms with van der Waals surface area (Å²) in [5, 5.41) is 0. The summed E-state index contributed by atoms with van der Waals surface area (Å²) in [5.74, 6) is -24.8. The summed E-state index contributed by atoms with van der Waals surface area (Å²) in [6.45, 7) is 1.72. The second-order valence-corrected chi connectivity index (χ2v) is 4.10. The van der Waals surface area contributed by atoms with E-state index in [0.29, 0.717) is 13.0 Å².